The van der Waals surface area contributed by atoms with Crippen LogP contribution < -0.4 is 5.32 Å². The predicted octanol–water partition coefficient (Wildman–Crippen LogP) is 2.68. The van der Waals surface area contributed by atoms with Gasteiger partial charge < -0.3 is 5.32 Å². The third-order valence-electron chi connectivity index (χ3n) is 5.16. The lowest BCUT2D eigenvalue weighted by Crippen LogP contribution is -2.34. The molecule has 8 nitrogen and oxygen atoms in total. The Morgan fingerprint density at radius 2 is 2.07 bits per heavy atom. The van der Waals surface area contributed by atoms with Gasteiger partial charge in [0.25, 0.3) is 12.6 Å². The van der Waals surface area contributed by atoms with Crippen LogP contribution in [0.25, 0.3) is 16.8 Å². The summed E-state index contributed by atoms with van der Waals surface area (Å²) < 4.78 is 3.84. The van der Waals surface area contributed by atoms with E-state index in [4.69, 9.17) is 0 Å². The quantitative estimate of drug-likeness (QED) is 0.692. The van der Waals surface area contributed by atoms with Crippen LogP contribution in [-0.2, 0) is 6.42 Å². The van der Waals surface area contributed by atoms with Crippen LogP contribution in [0.5, 0.6) is 0 Å². The van der Waals surface area contributed by atoms with Crippen molar-refractivity contribution in [2.75, 3.05) is 19.0 Å². The fourth-order valence-corrected chi connectivity index (χ4v) is 3.11. The molecule has 0 aromatic carbocycles. The number of aliphatic imine (C=N–C) groups is 1. The number of hydrazine groups is 1. The van der Waals surface area contributed by atoms with Crippen molar-refractivity contribution in [1.29, 1.82) is 0 Å². The number of nitrogens with zero attached hydrogens (tertiary/aromatic N) is 7. The monoisotopic (exact) mass is 377 g/mol. The summed E-state index contributed by atoms with van der Waals surface area (Å²) in [6, 6.07) is 8.14. The number of anilines is 1. The third kappa shape index (κ3) is 3.45. The Labute approximate surface area is 164 Å². The lowest BCUT2D eigenvalue weighted by Gasteiger charge is -2.11. The second-order valence-electron chi connectivity index (χ2n) is 7.19. The van der Waals surface area contributed by atoms with Crippen LogP contribution in [0.4, 0.5) is 5.82 Å². The average molecular weight is 377 g/mol. The van der Waals surface area contributed by atoms with E-state index in [1.807, 2.05) is 30.4 Å². The number of hydrazone groups is 1. The number of guanidine groups is 1. The molecule has 8 heteroatoms. The summed E-state index contributed by atoms with van der Waals surface area (Å²) >= 11 is 0. The molecule has 3 aromatic heterocycles. The molecule has 0 saturated heterocycles. The van der Waals surface area contributed by atoms with Crippen LogP contribution in [0, 0.1) is 5.92 Å². The fourth-order valence-electron chi connectivity index (χ4n) is 3.11. The summed E-state index contributed by atoms with van der Waals surface area (Å²) in [4.78, 5) is 8.81. The minimum absolute atomic E-state index is 0.529. The smallest absolute Gasteiger partial charge is 0.267 e. The van der Waals surface area contributed by atoms with Crippen LogP contribution in [0.1, 0.15) is 26.1 Å². The normalized spacial score (nSPS) is 15.2. The maximum absolute atomic E-state index is 4.41. The van der Waals surface area contributed by atoms with Crippen LogP contribution in [0.15, 0.2) is 41.7 Å². The van der Waals surface area contributed by atoms with Gasteiger partial charge in [-0.25, -0.2) is 4.98 Å². The average Bonchev–Trinajstić information content (AvgIpc) is 3.25. The molecule has 3 aromatic rings. The molecular weight excluding hydrogens is 352 g/mol. The summed E-state index contributed by atoms with van der Waals surface area (Å²) in [6.07, 6.45) is 5.90. The summed E-state index contributed by atoms with van der Waals surface area (Å²) in [5.41, 5.74) is 2.98. The topological polar surface area (TPSA) is 73.7 Å². The van der Waals surface area contributed by atoms with Crippen molar-refractivity contribution in [3.63, 3.8) is 0 Å². The molecule has 1 atom stereocenters. The van der Waals surface area contributed by atoms with Gasteiger partial charge in [0.15, 0.2) is 12.4 Å². The molecule has 1 N–H and O–H groups in total. The van der Waals surface area contributed by atoms with Gasteiger partial charge in [0.2, 0.25) is 0 Å². The number of fused-ring (bicyclic) bond motifs is 1. The van der Waals surface area contributed by atoms with Gasteiger partial charge in [0, 0.05) is 18.8 Å². The number of rotatable bonds is 5. The number of nitrogens with one attached hydrogen (secondary N) is 1. The van der Waals surface area contributed by atoms with E-state index in [1.165, 1.54) is 0 Å². The lowest BCUT2D eigenvalue weighted by atomic mass is 10.1. The highest BCUT2D eigenvalue weighted by Crippen LogP contribution is 2.23. The summed E-state index contributed by atoms with van der Waals surface area (Å²) in [7, 11) is 1.91. The van der Waals surface area contributed by atoms with Gasteiger partial charge in [0.1, 0.15) is 11.6 Å². The Balaban J connectivity index is 1.59. The van der Waals surface area contributed by atoms with E-state index >= 15 is 0 Å². The highest BCUT2D eigenvalue weighted by molar-refractivity contribution is 5.93. The first-order chi connectivity index (χ1) is 13.5. The van der Waals surface area contributed by atoms with Crippen LogP contribution >= 0.6 is 0 Å². The van der Waals surface area contributed by atoms with Gasteiger partial charge in [-0.1, -0.05) is 25.0 Å². The zero-order chi connectivity index (χ0) is 19.7. The minimum Gasteiger partial charge on any atom is -0.306 e. The molecule has 0 spiro atoms. The predicted molar refractivity (Wildman–Crippen MR) is 110 cm³/mol. The van der Waals surface area contributed by atoms with Crippen LogP contribution in [-0.4, -0.2) is 55.7 Å². The largest absolute Gasteiger partial charge is 0.306 e. The number of hydrogen-bond donors (Lipinski definition) is 1. The van der Waals surface area contributed by atoms with Gasteiger partial charge in [-0.15, -0.1) is 15.2 Å². The summed E-state index contributed by atoms with van der Waals surface area (Å²) in [5.74, 6) is 3.05. The molecule has 0 bridgehead atoms. The van der Waals surface area contributed by atoms with E-state index in [0.717, 1.165) is 47.2 Å². The first-order valence-electron chi connectivity index (χ1n) is 9.48. The molecule has 0 amide bonds. The molecule has 1 aliphatic heterocycles. The molecule has 28 heavy (non-hydrogen) atoms. The SMILES string of the molecule is C=[N+]1CN=C(Nc2cc(-c3ccn4c(CC(C)CC)nnc4c3)ccn2)N1C. The number of aromatic nitrogens is 4. The van der Waals surface area contributed by atoms with Crippen molar-refractivity contribution < 1.29 is 4.68 Å². The molecular formula is C20H25N8+. The molecule has 144 valence electrons. The maximum atomic E-state index is 4.41. The molecule has 1 aliphatic rings. The van der Waals surface area contributed by atoms with Crippen LogP contribution in [0.2, 0.25) is 0 Å². The first kappa shape index (κ1) is 18.1. The number of hydrogen-bond acceptors (Lipinski definition) is 6. The van der Waals surface area contributed by atoms with Gasteiger partial charge in [-0.2, -0.15) is 4.99 Å². The van der Waals surface area contributed by atoms with Crippen molar-refractivity contribution in [2.45, 2.75) is 26.7 Å². The molecule has 0 aliphatic carbocycles. The Bertz CT molecular complexity index is 1050. The zero-order valence-corrected chi connectivity index (χ0v) is 16.5. The van der Waals surface area contributed by atoms with Gasteiger partial charge in [-0.3, -0.25) is 4.40 Å². The maximum Gasteiger partial charge on any atom is 0.267 e. The lowest BCUT2D eigenvalue weighted by molar-refractivity contribution is -0.642. The van der Waals surface area contributed by atoms with Gasteiger partial charge in [-0.05, 0) is 41.3 Å². The summed E-state index contributed by atoms with van der Waals surface area (Å²) in [6.45, 7) is 8.86. The molecule has 0 radical (unpaired) electrons. The van der Waals surface area contributed by atoms with Gasteiger partial charge in [0.05, 0.1) is 7.05 Å². The highest BCUT2D eigenvalue weighted by atomic mass is 15.6. The van der Waals surface area contributed by atoms with E-state index < -0.39 is 0 Å². The second kappa shape index (κ2) is 7.38. The second-order valence-corrected chi connectivity index (χ2v) is 7.19. The van der Waals surface area contributed by atoms with E-state index in [2.05, 4.69) is 62.6 Å². The molecule has 0 fully saturated rings. The molecule has 4 rings (SSSR count). The Morgan fingerprint density at radius 1 is 1.25 bits per heavy atom. The van der Waals surface area contributed by atoms with Crippen molar-refractivity contribution >= 4 is 24.1 Å². The number of pyridine rings is 2. The minimum atomic E-state index is 0.529. The third-order valence-corrected chi connectivity index (χ3v) is 5.16. The van der Waals surface area contributed by atoms with E-state index in [1.54, 1.807) is 10.9 Å². The van der Waals surface area contributed by atoms with Crippen LogP contribution in [0.3, 0.4) is 0 Å². The van der Waals surface area contributed by atoms with E-state index in [9.17, 15) is 0 Å². The molecule has 4 heterocycles. The van der Waals surface area contributed by atoms with Crippen molar-refractivity contribution in [3.8, 4) is 11.1 Å². The summed E-state index contributed by atoms with van der Waals surface area (Å²) in [5, 5.41) is 13.8. The van der Waals surface area contributed by atoms with E-state index in [0.29, 0.717) is 12.6 Å². The highest BCUT2D eigenvalue weighted by Gasteiger charge is 2.23. The fraction of sp³-hybridized carbons (Fsp3) is 0.350. The standard InChI is InChI=1S/C20H25N8/c1-5-14(2)10-18-24-25-19-12-16(7-9-28(18)19)15-6-8-21-17(11-15)23-20-22-13-26(3)27(20)4/h6-9,11-12,14H,3,5,10,13H2,1-2,4H3,(H,21,22,23)/q+1. The van der Waals surface area contributed by atoms with Crippen molar-refractivity contribution in [3.05, 3.63) is 42.5 Å². The van der Waals surface area contributed by atoms with E-state index in [-0.39, 0.29) is 0 Å². The van der Waals surface area contributed by atoms with Crippen molar-refractivity contribution in [2.24, 2.45) is 10.9 Å². The Kier molecular flexibility index (Phi) is 4.77. The molecule has 1 unspecified atom stereocenters. The van der Waals surface area contributed by atoms with Gasteiger partial charge >= 0.3 is 0 Å². The zero-order valence-electron chi connectivity index (χ0n) is 16.5. The molecule has 0 saturated carbocycles. The Hall–Kier alpha value is -3.29. The first-order valence-corrected chi connectivity index (χ1v) is 9.48. The van der Waals surface area contributed by atoms with Crippen molar-refractivity contribution in [1.82, 2.24) is 24.6 Å². The Morgan fingerprint density at radius 3 is 2.82 bits per heavy atom.